The van der Waals surface area contributed by atoms with E-state index < -0.39 is 6.10 Å². The molecule has 1 atom stereocenters. The summed E-state index contributed by atoms with van der Waals surface area (Å²) in [5.41, 5.74) is 7.17. The zero-order chi connectivity index (χ0) is 15.7. The van der Waals surface area contributed by atoms with Gasteiger partial charge in [0.2, 0.25) is 0 Å². The Kier molecular flexibility index (Phi) is 4.79. The molecular weight excluding hydrogens is 262 g/mol. The van der Waals surface area contributed by atoms with Gasteiger partial charge in [0.1, 0.15) is 6.10 Å². The molecule has 1 fully saturated rings. The molecule has 1 aliphatic carbocycles. The number of hydrogen-bond donors (Lipinski definition) is 2. The van der Waals surface area contributed by atoms with Crippen LogP contribution >= 0.6 is 0 Å². The minimum absolute atomic E-state index is 0.186. The van der Waals surface area contributed by atoms with Crippen LogP contribution in [0.15, 0.2) is 12.5 Å². The van der Waals surface area contributed by atoms with E-state index in [-0.39, 0.29) is 5.41 Å². The molecule has 1 aromatic heterocycles. The van der Waals surface area contributed by atoms with E-state index in [1.807, 2.05) is 4.57 Å². The van der Waals surface area contributed by atoms with Crippen LogP contribution in [0.25, 0.3) is 0 Å². The van der Waals surface area contributed by atoms with Gasteiger partial charge in [-0.25, -0.2) is 4.98 Å². The first-order valence-corrected chi connectivity index (χ1v) is 8.22. The molecule has 0 saturated heterocycles. The van der Waals surface area contributed by atoms with Gasteiger partial charge in [-0.2, -0.15) is 0 Å². The Morgan fingerprint density at radius 1 is 1.43 bits per heavy atom. The molecule has 3 N–H and O–H groups in total. The summed E-state index contributed by atoms with van der Waals surface area (Å²) < 4.78 is 2.03. The first-order chi connectivity index (χ1) is 9.84. The van der Waals surface area contributed by atoms with Gasteiger partial charge < -0.3 is 15.4 Å². The Bertz CT molecular complexity index is 453. The highest BCUT2D eigenvalue weighted by atomic mass is 16.3. The average molecular weight is 293 g/mol. The summed E-state index contributed by atoms with van der Waals surface area (Å²) in [6.45, 7) is 10.4. The second kappa shape index (κ2) is 6.09. The maximum absolute atomic E-state index is 10.9. The lowest BCUT2D eigenvalue weighted by molar-refractivity contribution is -0.0273. The van der Waals surface area contributed by atoms with E-state index in [1.165, 1.54) is 0 Å². The van der Waals surface area contributed by atoms with Crippen LogP contribution in [0.1, 0.15) is 65.2 Å². The Labute approximate surface area is 128 Å². The van der Waals surface area contributed by atoms with Crippen molar-refractivity contribution in [3.05, 3.63) is 18.2 Å². The fraction of sp³-hybridized carbons (Fsp3) is 0.824. The molecule has 4 heteroatoms. The van der Waals surface area contributed by atoms with Crippen molar-refractivity contribution in [3.63, 3.8) is 0 Å². The van der Waals surface area contributed by atoms with Gasteiger partial charge in [0.25, 0.3) is 0 Å². The molecule has 1 saturated carbocycles. The Morgan fingerprint density at radius 3 is 2.52 bits per heavy atom. The molecule has 1 heterocycles. The van der Waals surface area contributed by atoms with E-state index in [0.717, 1.165) is 43.8 Å². The maximum Gasteiger partial charge on any atom is 0.102 e. The van der Waals surface area contributed by atoms with Crippen LogP contribution in [-0.2, 0) is 6.54 Å². The van der Waals surface area contributed by atoms with Crippen LogP contribution in [-0.4, -0.2) is 21.2 Å². The Balaban J connectivity index is 2.16. The van der Waals surface area contributed by atoms with Gasteiger partial charge in [-0.15, -0.1) is 0 Å². The lowest BCUT2D eigenvalue weighted by Crippen LogP contribution is -2.42. The number of nitrogens with zero attached hydrogens (tertiary/aromatic N) is 2. The van der Waals surface area contributed by atoms with Crippen LogP contribution in [0, 0.1) is 16.7 Å². The van der Waals surface area contributed by atoms with Crippen LogP contribution in [0.4, 0.5) is 0 Å². The van der Waals surface area contributed by atoms with Crippen molar-refractivity contribution in [2.45, 2.75) is 66.0 Å². The summed E-state index contributed by atoms with van der Waals surface area (Å²) >= 11 is 0. The number of aryl methyl sites for hydroxylation is 1. The number of imidazole rings is 1. The minimum atomic E-state index is -0.508. The summed E-state index contributed by atoms with van der Waals surface area (Å²) in [6, 6.07) is 0. The maximum atomic E-state index is 10.9. The van der Waals surface area contributed by atoms with Crippen molar-refractivity contribution in [1.82, 2.24) is 9.55 Å². The van der Waals surface area contributed by atoms with Gasteiger partial charge >= 0.3 is 0 Å². The number of aliphatic hydroxyl groups is 1. The molecular formula is C17H31N3O. The van der Waals surface area contributed by atoms with E-state index in [2.05, 4.69) is 32.7 Å². The topological polar surface area (TPSA) is 64.1 Å². The Morgan fingerprint density at radius 2 is 2.05 bits per heavy atom. The van der Waals surface area contributed by atoms with Crippen molar-refractivity contribution >= 4 is 0 Å². The summed E-state index contributed by atoms with van der Waals surface area (Å²) in [4.78, 5) is 4.19. The van der Waals surface area contributed by atoms with Crippen molar-refractivity contribution in [1.29, 1.82) is 0 Å². The summed E-state index contributed by atoms with van der Waals surface area (Å²) in [5.74, 6) is 0.723. The van der Waals surface area contributed by atoms with Gasteiger partial charge in [0.05, 0.1) is 18.2 Å². The van der Waals surface area contributed by atoms with Crippen molar-refractivity contribution in [2.75, 3.05) is 6.54 Å². The predicted octanol–water partition coefficient (Wildman–Crippen LogP) is 3.12. The van der Waals surface area contributed by atoms with E-state index in [4.69, 9.17) is 5.73 Å². The van der Waals surface area contributed by atoms with Crippen LogP contribution < -0.4 is 5.73 Å². The third kappa shape index (κ3) is 3.16. The second-order valence-corrected chi connectivity index (χ2v) is 7.71. The second-order valence-electron chi connectivity index (χ2n) is 7.71. The molecule has 4 nitrogen and oxygen atoms in total. The van der Waals surface area contributed by atoms with Gasteiger partial charge in [0, 0.05) is 18.5 Å². The van der Waals surface area contributed by atoms with Gasteiger partial charge in [-0.05, 0) is 43.9 Å². The molecule has 120 valence electrons. The largest absolute Gasteiger partial charge is 0.386 e. The van der Waals surface area contributed by atoms with Gasteiger partial charge in [-0.1, -0.05) is 20.8 Å². The van der Waals surface area contributed by atoms with Crippen LogP contribution in [0.2, 0.25) is 0 Å². The normalized spacial score (nSPS) is 28.6. The van der Waals surface area contributed by atoms with Crippen LogP contribution in [0.3, 0.4) is 0 Å². The molecule has 0 spiro atoms. The molecule has 0 radical (unpaired) electrons. The van der Waals surface area contributed by atoms with Crippen molar-refractivity contribution in [2.24, 2.45) is 22.5 Å². The smallest absolute Gasteiger partial charge is 0.102 e. The number of hydrogen-bond acceptors (Lipinski definition) is 3. The number of nitrogens with two attached hydrogens (primary N) is 1. The minimum Gasteiger partial charge on any atom is -0.386 e. The zero-order valence-corrected chi connectivity index (χ0v) is 14.0. The Hall–Kier alpha value is -0.870. The highest BCUT2D eigenvalue weighted by Crippen LogP contribution is 2.50. The van der Waals surface area contributed by atoms with E-state index >= 15 is 0 Å². The molecule has 0 amide bonds. The van der Waals surface area contributed by atoms with E-state index in [1.54, 1.807) is 12.5 Å². The van der Waals surface area contributed by atoms with Crippen molar-refractivity contribution < 1.29 is 5.11 Å². The summed E-state index contributed by atoms with van der Waals surface area (Å²) in [6.07, 6.45) is 7.38. The van der Waals surface area contributed by atoms with E-state index in [0.29, 0.717) is 12.0 Å². The average Bonchev–Trinajstić information content (AvgIpc) is 2.93. The SMILES string of the molecule is CCn1cncc1C(O)C1(CN)CCC(C(C)(C)C)CC1. The predicted molar refractivity (Wildman–Crippen MR) is 85.8 cm³/mol. The molecule has 1 aromatic rings. The molecule has 2 rings (SSSR count). The van der Waals surface area contributed by atoms with Gasteiger partial charge in [-0.3, -0.25) is 0 Å². The molecule has 1 aliphatic rings. The number of aromatic nitrogens is 2. The summed E-state index contributed by atoms with van der Waals surface area (Å²) in [5, 5.41) is 10.9. The molecule has 0 aromatic carbocycles. The standard InChI is InChI=1S/C17H31N3O/c1-5-20-12-19-10-14(20)15(21)17(11-18)8-6-13(7-9-17)16(2,3)4/h10,12-13,15,21H,5-9,11,18H2,1-4H3. The fourth-order valence-electron chi connectivity index (χ4n) is 3.78. The first kappa shape index (κ1) is 16.5. The molecule has 1 unspecified atom stereocenters. The number of aliphatic hydroxyl groups excluding tert-OH is 1. The van der Waals surface area contributed by atoms with Crippen LogP contribution in [0.5, 0.6) is 0 Å². The highest BCUT2D eigenvalue weighted by molar-refractivity contribution is 5.10. The third-order valence-electron chi connectivity index (χ3n) is 5.56. The van der Waals surface area contributed by atoms with Crippen molar-refractivity contribution in [3.8, 4) is 0 Å². The monoisotopic (exact) mass is 293 g/mol. The fourth-order valence-corrected chi connectivity index (χ4v) is 3.78. The quantitative estimate of drug-likeness (QED) is 0.896. The molecule has 0 aliphatic heterocycles. The number of rotatable bonds is 4. The summed E-state index contributed by atoms with van der Waals surface area (Å²) in [7, 11) is 0. The molecule has 21 heavy (non-hydrogen) atoms. The zero-order valence-electron chi connectivity index (χ0n) is 14.0. The highest BCUT2D eigenvalue weighted by Gasteiger charge is 2.43. The third-order valence-corrected chi connectivity index (χ3v) is 5.56. The lowest BCUT2D eigenvalue weighted by Gasteiger charge is -2.46. The first-order valence-electron chi connectivity index (χ1n) is 8.22. The molecule has 0 bridgehead atoms. The lowest BCUT2D eigenvalue weighted by atomic mass is 9.62. The van der Waals surface area contributed by atoms with E-state index in [9.17, 15) is 5.11 Å². The van der Waals surface area contributed by atoms with Gasteiger partial charge in [0.15, 0.2) is 0 Å².